The molecular weight excluding hydrogens is 258 g/mol. The van der Waals surface area contributed by atoms with Gasteiger partial charge in [-0.3, -0.25) is 4.79 Å². The number of aromatic nitrogens is 2. The van der Waals surface area contributed by atoms with Crippen LogP contribution in [0.2, 0.25) is 0 Å². The van der Waals surface area contributed by atoms with E-state index in [0.29, 0.717) is 29.6 Å². The van der Waals surface area contributed by atoms with Gasteiger partial charge in [0.2, 0.25) is 5.89 Å². The van der Waals surface area contributed by atoms with Crippen LogP contribution in [0.25, 0.3) is 0 Å². The Morgan fingerprint density at radius 3 is 2.60 bits per heavy atom. The van der Waals surface area contributed by atoms with Crippen LogP contribution in [0.15, 0.2) is 15.0 Å². The Labute approximate surface area is 117 Å². The Balaban J connectivity index is 2.09. The van der Waals surface area contributed by atoms with Crippen LogP contribution in [0, 0.1) is 13.8 Å². The highest BCUT2D eigenvalue weighted by Crippen LogP contribution is 2.17. The first-order valence-electron chi connectivity index (χ1n) is 6.53. The van der Waals surface area contributed by atoms with E-state index >= 15 is 0 Å². The lowest BCUT2D eigenvalue weighted by Gasteiger charge is -2.14. The summed E-state index contributed by atoms with van der Waals surface area (Å²) < 4.78 is 10.5. The van der Waals surface area contributed by atoms with Crippen molar-refractivity contribution in [1.82, 2.24) is 15.0 Å². The molecule has 0 bridgehead atoms. The van der Waals surface area contributed by atoms with Gasteiger partial charge >= 0.3 is 0 Å². The predicted octanol–water partition coefficient (Wildman–Crippen LogP) is 2.68. The fourth-order valence-electron chi connectivity index (χ4n) is 1.90. The molecule has 0 aliphatic rings. The summed E-state index contributed by atoms with van der Waals surface area (Å²) in [6.45, 7) is 7.85. The molecule has 0 radical (unpaired) electrons. The summed E-state index contributed by atoms with van der Waals surface area (Å²) in [4.78, 5) is 18.1. The maximum Gasteiger partial charge on any atom is 0.257 e. The third kappa shape index (κ3) is 2.89. The van der Waals surface area contributed by atoms with Crippen molar-refractivity contribution in [1.29, 1.82) is 0 Å². The molecule has 0 saturated heterocycles. The van der Waals surface area contributed by atoms with Gasteiger partial charge in [-0.25, -0.2) is 0 Å². The van der Waals surface area contributed by atoms with Gasteiger partial charge in [0.25, 0.3) is 5.91 Å². The van der Waals surface area contributed by atoms with E-state index in [4.69, 9.17) is 8.94 Å². The van der Waals surface area contributed by atoms with Crippen molar-refractivity contribution in [3.8, 4) is 0 Å². The lowest BCUT2D eigenvalue weighted by Crippen LogP contribution is -2.26. The van der Waals surface area contributed by atoms with Crippen molar-refractivity contribution in [2.45, 2.75) is 40.2 Å². The average Bonchev–Trinajstić information content (AvgIpc) is 2.95. The smallest absolute Gasteiger partial charge is 0.257 e. The molecule has 0 unspecified atom stereocenters. The molecule has 0 saturated carbocycles. The summed E-state index contributed by atoms with van der Waals surface area (Å²) in [5, 5.41) is 3.88. The van der Waals surface area contributed by atoms with Crippen LogP contribution in [0.1, 0.15) is 53.4 Å². The second kappa shape index (κ2) is 5.48. The van der Waals surface area contributed by atoms with Gasteiger partial charge in [0.1, 0.15) is 11.5 Å². The fourth-order valence-corrected chi connectivity index (χ4v) is 1.90. The highest BCUT2D eigenvalue weighted by molar-refractivity contribution is 5.95. The topological polar surface area (TPSA) is 72.4 Å². The van der Waals surface area contributed by atoms with Crippen molar-refractivity contribution in [3.05, 3.63) is 34.9 Å². The first-order chi connectivity index (χ1) is 9.38. The van der Waals surface area contributed by atoms with E-state index in [1.54, 1.807) is 24.9 Å². The summed E-state index contributed by atoms with van der Waals surface area (Å²) in [5.74, 6) is 2.49. The quantitative estimate of drug-likeness (QED) is 0.859. The summed E-state index contributed by atoms with van der Waals surface area (Å²) in [6, 6.07) is 1.74. The van der Waals surface area contributed by atoms with Crippen molar-refractivity contribution in [2.75, 3.05) is 7.05 Å². The number of aryl methyl sites for hydroxylation is 2. The average molecular weight is 277 g/mol. The van der Waals surface area contributed by atoms with Gasteiger partial charge in [-0.15, -0.1) is 0 Å². The Bertz CT molecular complexity index is 613. The van der Waals surface area contributed by atoms with Crippen molar-refractivity contribution < 1.29 is 13.7 Å². The molecule has 2 aromatic heterocycles. The predicted molar refractivity (Wildman–Crippen MR) is 72.4 cm³/mol. The van der Waals surface area contributed by atoms with Crippen LogP contribution in [0.4, 0.5) is 0 Å². The highest BCUT2D eigenvalue weighted by atomic mass is 16.5. The molecule has 0 aliphatic carbocycles. The number of amides is 1. The Morgan fingerprint density at radius 2 is 2.10 bits per heavy atom. The monoisotopic (exact) mass is 277 g/mol. The van der Waals surface area contributed by atoms with E-state index in [0.717, 1.165) is 5.76 Å². The summed E-state index contributed by atoms with van der Waals surface area (Å²) in [5.41, 5.74) is 0.567. The van der Waals surface area contributed by atoms with Crippen LogP contribution in [0.5, 0.6) is 0 Å². The molecule has 6 nitrogen and oxygen atoms in total. The Hall–Kier alpha value is -2.11. The van der Waals surface area contributed by atoms with Crippen LogP contribution in [-0.4, -0.2) is 28.0 Å². The van der Waals surface area contributed by atoms with Gasteiger partial charge in [-0.05, 0) is 19.9 Å². The lowest BCUT2D eigenvalue weighted by molar-refractivity contribution is 0.0779. The molecular formula is C14H19N3O3. The largest absolute Gasteiger partial charge is 0.466 e. The SMILES string of the molecule is Cc1cc(C(=O)N(C)Cc2noc(C(C)C)n2)c(C)o1. The van der Waals surface area contributed by atoms with E-state index in [2.05, 4.69) is 10.1 Å². The van der Waals surface area contributed by atoms with E-state index in [1.165, 1.54) is 0 Å². The van der Waals surface area contributed by atoms with Gasteiger partial charge in [-0.2, -0.15) is 4.98 Å². The van der Waals surface area contributed by atoms with Crippen LogP contribution < -0.4 is 0 Å². The molecule has 2 aromatic rings. The third-order valence-corrected chi connectivity index (χ3v) is 2.97. The highest BCUT2D eigenvalue weighted by Gasteiger charge is 2.20. The molecule has 1 amide bonds. The molecule has 2 rings (SSSR count). The molecule has 0 N–H and O–H groups in total. The minimum absolute atomic E-state index is 0.116. The van der Waals surface area contributed by atoms with Gasteiger partial charge in [0, 0.05) is 13.0 Å². The van der Waals surface area contributed by atoms with Crippen LogP contribution in [0.3, 0.4) is 0 Å². The Kier molecular flexibility index (Phi) is 3.92. The minimum Gasteiger partial charge on any atom is -0.466 e. The lowest BCUT2D eigenvalue weighted by atomic mass is 10.2. The summed E-state index contributed by atoms with van der Waals surface area (Å²) in [6.07, 6.45) is 0. The first kappa shape index (κ1) is 14.3. The van der Waals surface area contributed by atoms with E-state index in [9.17, 15) is 4.79 Å². The maximum atomic E-state index is 12.3. The van der Waals surface area contributed by atoms with Gasteiger partial charge in [0.15, 0.2) is 5.82 Å². The molecule has 0 aromatic carbocycles. The number of nitrogens with zero attached hydrogens (tertiary/aromatic N) is 3. The van der Waals surface area contributed by atoms with Crippen molar-refractivity contribution >= 4 is 5.91 Å². The molecule has 0 fully saturated rings. The molecule has 2 heterocycles. The molecule has 6 heteroatoms. The number of carbonyl (C=O) groups excluding carboxylic acids is 1. The molecule has 20 heavy (non-hydrogen) atoms. The second-order valence-electron chi connectivity index (χ2n) is 5.19. The van der Waals surface area contributed by atoms with Gasteiger partial charge in [-0.1, -0.05) is 19.0 Å². The number of carbonyl (C=O) groups is 1. The van der Waals surface area contributed by atoms with E-state index < -0.39 is 0 Å². The second-order valence-corrected chi connectivity index (χ2v) is 5.19. The third-order valence-electron chi connectivity index (χ3n) is 2.97. The zero-order chi connectivity index (χ0) is 14.9. The zero-order valence-corrected chi connectivity index (χ0v) is 12.4. The summed E-state index contributed by atoms with van der Waals surface area (Å²) >= 11 is 0. The first-order valence-corrected chi connectivity index (χ1v) is 6.53. The minimum atomic E-state index is -0.116. The fraction of sp³-hybridized carbons (Fsp3) is 0.500. The normalized spacial score (nSPS) is 11.1. The van der Waals surface area contributed by atoms with E-state index in [1.807, 2.05) is 20.8 Å². The van der Waals surface area contributed by atoms with Crippen molar-refractivity contribution in [3.63, 3.8) is 0 Å². The molecule has 0 aliphatic heterocycles. The number of furan rings is 1. The van der Waals surface area contributed by atoms with Crippen LogP contribution >= 0.6 is 0 Å². The van der Waals surface area contributed by atoms with Crippen LogP contribution in [-0.2, 0) is 6.54 Å². The van der Waals surface area contributed by atoms with Crippen molar-refractivity contribution in [2.24, 2.45) is 0 Å². The Morgan fingerprint density at radius 1 is 1.40 bits per heavy atom. The maximum absolute atomic E-state index is 12.3. The summed E-state index contributed by atoms with van der Waals surface area (Å²) in [7, 11) is 1.70. The van der Waals surface area contributed by atoms with Gasteiger partial charge in [0.05, 0.1) is 12.1 Å². The molecule has 108 valence electrons. The molecule has 0 atom stereocenters. The standard InChI is InChI=1S/C14H19N3O3/c1-8(2)13-15-12(16-20-13)7-17(5)14(18)11-6-9(3)19-10(11)4/h6,8H,7H2,1-5H3. The number of rotatable bonds is 4. The number of hydrogen-bond donors (Lipinski definition) is 0. The number of hydrogen-bond acceptors (Lipinski definition) is 5. The van der Waals surface area contributed by atoms with E-state index in [-0.39, 0.29) is 11.8 Å². The zero-order valence-electron chi connectivity index (χ0n) is 12.4. The molecule has 0 spiro atoms. The van der Waals surface area contributed by atoms with Gasteiger partial charge < -0.3 is 13.8 Å².